The van der Waals surface area contributed by atoms with Crippen LogP contribution in [0.4, 0.5) is 0 Å². The maximum absolute atomic E-state index is 10.9. The molecule has 0 aliphatic rings. The van der Waals surface area contributed by atoms with Crippen LogP contribution < -0.4 is 0 Å². The van der Waals surface area contributed by atoms with Crippen molar-refractivity contribution in [2.24, 2.45) is 0 Å². The van der Waals surface area contributed by atoms with Gasteiger partial charge in [-0.15, -0.1) is 0 Å². The molecule has 88 valence electrons. The fraction of sp³-hybridized carbons (Fsp3) is 0.167. The van der Waals surface area contributed by atoms with Gasteiger partial charge in [0.15, 0.2) is 0 Å². The van der Waals surface area contributed by atoms with Crippen LogP contribution in [0.2, 0.25) is 0 Å². The molecule has 1 heterocycles. The lowest BCUT2D eigenvalue weighted by Crippen LogP contribution is -2.00. The van der Waals surface area contributed by atoms with Crippen LogP contribution in [0.15, 0.2) is 30.5 Å². The molecule has 0 amide bonds. The number of aryl methyl sites for hydroxylation is 1. The number of carboxylic acids is 1. The highest BCUT2D eigenvalue weighted by Gasteiger charge is 2.11. The highest BCUT2D eigenvalue weighted by Crippen LogP contribution is 2.10. The van der Waals surface area contributed by atoms with E-state index in [2.05, 4.69) is 27.7 Å². The van der Waals surface area contributed by atoms with E-state index in [0.717, 1.165) is 5.56 Å². The molecule has 17 heavy (non-hydrogen) atoms. The Balaban J connectivity index is 2.22. The Bertz CT molecular complexity index is 546. The molecule has 1 aromatic heterocycles. The Morgan fingerprint density at radius 1 is 1.41 bits per heavy atom. The number of hydrogen-bond acceptors (Lipinski definition) is 2. The molecule has 1 aromatic carbocycles. The number of aromatic carboxylic acids is 1. The van der Waals surface area contributed by atoms with Crippen LogP contribution in [0, 0.1) is 10.5 Å². The van der Waals surface area contributed by atoms with E-state index in [1.807, 2.05) is 24.3 Å². The Morgan fingerprint density at radius 2 is 2.06 bits per heavy atom. The zero-order chi connectivity index (χ0) is 12.4. The predicted molar refractivity (Wildman–Crippen MR) is 72.2 cm³/mol. The van der Waals surface area contributed by atoms with E-state index in [1.165, 1.54) is 3.57 Å². The molecule has 0 saturated carbocycles. The first-order valence-electron chi connectivity index (χ1n) is 5.08. The molecule has 0 aliphatic heterocycles. The second-order valence-corrected chi connectivity index (χ2v) is 5.00. The number of rotatable bonds is 3. The summed E-state index contributed by atoms with van der Waals surface area (Å²) in [5, 5.41) is 13.1. The Labute approximate surface area is 112 Å². The Morgan fingerprint density at radius 3 is 2.59 bits per heavy atom. The maximum atomic E-state index is 10.9. The molecular formula is C12H11IN2O2. The summed E-state index contributed by atoms with van der Waals surface area (Å²) in [5.74, 6) is -0.934. The van der Waals surface area contributed by atoms with Crippen LogP contribution >= 0.6 is 22.6 Å². The monoisotopic (exact) mass is 342 g/mol. The number of nitrogens with zero attached hydrogens (tertiary/aromatic N) is 2. The van der Waals surface area contributed by atoms with E-state index in [4.69, 9.17) is 5.11 Å². The lowest BCUT2D eigenvalue weighted by atomic mass is 10.2. The van der Waals surface area contributed by atoms with Crippen molar-refractivity contribution in [3.8, 4) is 0 Å². The van der Waals surface area contributed by atoms with Gasteiger partial charge in [-0.25, -0.2) is 4.79 Å². The van der Waals surface area contributed by atoms with Gasteiger partial charge in [0.25, 0.3) is 0 Å². The zero-order valence-corrected chi connectivity index (χ0v) is 11.4. The van der Waals surface area contributed by atoms with Gasteiger partial charge in [-0.05, 0) is 47.2 Å². The van der Waals surface area contributed by atoms with E-state index in [0.29, 0.717) is 12.2 Å². The van der Waals surface area contributed by atoms with Gasteiger partial charge in [0, 0.05) is 9.77 Å². The largest absolute Gasteiger partial charge is 0.478 e. The van der Waals surface area contributed by atoms with Crippen LogP contribution in [0.25, 0.3) is 0 Å². The second kappa shape index (κ2) is 4.87. The van der Waals surface area contributed by atoms with E-state index in [-0.39, 0.29) is 5.56 Å². The third kappa shape index (κ3) is 2.85. The van der Waals surface area contributed by atoms with Gasteiger partial charge in [0.05, 0.1) is 12.2 Å². The summed E-state index contributed by atoms with van der Waals surface area (Å²) in [6, 6.07) is 8.06. The predicted octanol–water partition coefficient (Wildman–Crippen LogP) is 2.54. The van der Waals surface area contributed by atoms with E-state index in [9.17, 15) is 4.79 Å². The van der Waals surface area contributed by atoms with Crippen molar-refractivity contribution >= 4 is 28.6 Å². The Hall–Kier alpha value is -1.37. The molecule has 4 nitrogen and oxygen atoms in total. The van der Waals surface area contributed by atoms with Crippen LogP contribution in [-0.4, -0.2) is 20.9 Å². The summed E-state index contributed by atoms with van der Waals surface area (Å²) < 4.78 is 2.83. The number of hydrogen-bond donors (Lipinski definition) is 1. The van der Waals surface area contributed by atoms with E-state index >= 15 is 0 Å². The fourth-order valence-electron chi connectivity index (χ4n) is 1.59. The number of benzene rings is 1. The van der Waals surface area contributed by atoms with Gasteiger partial charge >= 0.3 is 5.97 Å². The first kappa shape index (κ1) is 12.1. The van der Waals surface area contributed by atoms with Gasteiger partial charge < -0.3 is 5.11 Å². The van der Waals surface area contributed by atoms with Crippen molar-refractivity contribution in [3.63, 3.8) is 0 Å². The molecule has 0 bridgehead atoms. The zero-order valence-electron chi connectivity index (χ0n) is 9.22. The van der Waals surface area contributed by atoms with Gasteiger partial charge in [0.1, 0.15) is 5.56 Å². The molecule has 0 aliphatic carbocycles. The Kier molecular flexibility index (Phi) is 3.46. The molecule has 0 radical (unpaired) electrons. The standard InChI is InChI=1S/C12H11IN2O2/c1-8-11(12(16)17)7-15(14-8)6-9-2-4-10(13)5-3-9/h2-5,7H,6H2,1H3,(H,16,17). The molecule has 2 rings (SSSR count). The third-order valence-electron chi connectivity index (χ3n) is 2.43. The highest BCUT2D eigenvalue weighted by molar-refractivity contribution is 14.1. The van der Waals surface area contributed by atoms with Crippen molar-refractivity contribution in [2.45, 2.75) is 13.5 Å². The van der Waals surface area contributed by atoms with Gasteiger partial charge in [-0.3, -0.25) is 4.68 Å². The minimum Gasteiger partial charge on any atom is -0.478 e. The number of carbonyl (C=O) groups is 1. The van der Waals surface area contributed by atoms with Crippen molar-refractivity contribution in [1.29, 1.82) is 0 Å². The first-order valence-corrected chi connectivity index (χ1v) is 6.16. The number of halogens is 1. The molecule has 2 aromatic rings. The maximum Gasteiger partial charge on any atom is 0.339 e. The van der Waals surface area contributed by atoms with Crippen molar-refractivity contribution in [2.75, 3.05) is 0 Å². The van der Waals surface area contributed by atoms with Crippen molar-refractivity contribution in [1.82, 2.24) is 9.78 Å². The summed E-state index contributed by atoms with van der Waals surface area (Å²) >= 11 is 2.25. The van der Waals surface area contributed by atoms with Crippen LogP contribution in [0.3, 0.4) is 0 Å². The molecule has 0 atom stereocenters. The highest BCUT2D eigenvalue weighted by atomic mass is 127. The third-order valence-corrected chi connectivity index (χ3v) is 3.15. The lowest BCUT2D eigenvalue weighted by Gasteiger charge is -2.01. The summed E-state index contributed by atoms with van der Waals surface area (Å²) in [4.78, 5) is 10.9. The second-order valence-electron chi connectivity index (χ2n) is 3.76. The summed E-state index contributed by atoms with van der Waals surface area (Å²) in [7, 11) is 0. The van der Waals surface area contributed by atoms with Crippen LogP contribution in [0.5, 0.6) is 0 Å². The SMILES string of the molecule is Cc1nn(Cc2ccc(I)cc2)cc1C(=O)O. The minimum atomic E-state index is -0.934. The summed E-state index contributed by atoms with van der Waals surface area (Å²) in [6.45, 7) is 2.29. The number of aromatic nitrogens is 2. The molecule has 1 N–H and O–H groups in total. The van der Waals surface area contributed by atoms with Gasteiger partial charge in [0.2, 0.25) is 0 Å². The fourth-order valence-corrected chi connectivity index (χ4v) is 1.95. The quantitative estimate of drug-likeness (QED) is 0.873. The van der Waals surface area contributed by atoms with Gasteiger partial charge in [-0.2, -0.15) is 5.10 Å². The molecule has 0 spiro atoms. The lowest BCUT2D eigenvalue weighted by molar-refractivity contribution is 0.0696. The van der Waals surface area contributed by atoms with Crippen molar-refractivity contribution in [3.05, 3.63) is 50.9 Å². The number of carboxylic acid groups (broad SMARTS) is 1. The smallest absolute Gasteiger partial charge is 0.339 e. The molecule has 0 unspecified atom stereocenters. The summed E-state index contributed by atoms with van der Waals surface area (Å²) in [6.07, 6.45) is 1.57. The topological polar surface area (TPSA) is 55.1 Å². The first-order chi connectivity index (χ1) is 8.06. The molecule has 0 fully saturated rings. The average molecular weight is 342 g/mol. The summed E-state index contributed by atoms with van der Waals surface area (Å²) in [5.41, 5.74) is 1.91. The molecular weight excluding hydrogens is 331 g/mol. The normalized spacial score (nSPS) is 10.5. The van der Waals surface area contributed by atoms with Crippen LogP contribution in [0.1, 0.15) is 21.6 Å². The van der Waals surface area contributed by atoms with E-state index in [1.54, 1.807) is 17.8 Å². The van der Waals surface area contributed by atoms with Crippen molar-refractivity contribution < 1.29 is 9.90 Å². The molecule has 5 heteroatoms. The molecule has 0 saturated heterocycles. The van der Waals surface area contributed by atoms with E-state index < -0.39 is 5.97 Å². The van der Waals surface area contributed by atoms with Gasteiger partial charge in [-0.1, -0.05) is 12.1 Å². The van der Waals surface area contributed by atoms with Crippen LogP contribution in [-0.2, 0) is 6.54 Å². The average Bonchev–Trinajstić information content (AvgIpc) is 2.63. The minimum absolute atomic E-state index is 0.260.